The molecule has 2 heteroatoms. The molecular weight excluding hydrogens is 308 g/mol. The molecule has 24 heavy (non-hydrogen) atoms. The van der Waals surface area contributed by atoms with Gasteiger partial charge >= 0.3 is 8.32 Å². The van der Waals surface area contributed by atoms with Gasteiger partial charge in [0.1, 0.15) is 0 Å². The number of rotatable bonds is 6. The van der Waals surface area contributed by atoms with Crippen LogP contribution >= 0.6 is 0 Å². The molecule has 3 aromatic carbocycles. The summed E-state index contributed by atoms with van der Waals surface area (Å²) in [7, 11) is -2.60. The van der Waals surface area contributed by atoms with E-state index in [0.717, 1.165) is 0 Å². The van der Waals surface area contributed by atoms with Gasteiger partial charge in [-0.1, -0.05) is 104 Å². The monoisotopic (exact) mass is 328 g/mol. The molecule has 0 amide bonds. The van der Waals surface area contributed by atoms with Gasteiger partial charge in [-0.05, 0) is 21.6 Å². The van der Waals surface area contributed by atoms with Crippen molar-refractivity contribution < 1.29 is 4.43 Å². The topological polar surface area (TPSA) is 9.23 Å². The zero-order valence-corrected chi connectivity index (χ0v) is 14.5. The SMILES string of the molecule is C=C/C=C/O[Si](c1ccccc1)(c1ccccc1)c1ccccc1. The summed E-state index contributed by atoms with van der Waals surface area (Å²) in [5.41, 5.74) is 0. The highest BCUT2D eigenvalue weighted by Gasteiger charge is 2.42. The molecule has 0 bridgehead atoms. The van der Waals surface area contributed by atoms with Gasteiger partial charge in [0.15, 0.2) is 0 Å². The first-order valence-electron chi connectivity index (χ1n) is 8.00. The number of hydrogen-bond donors (Lipinski definition) is 0. The van der Waals surface area contributed by atoms with Crippen LogP contribution in [0.1, 0.15) is 0 Å². The molecule has 0 atom stereocenters. The van der Waals surface area contributed by atoms with Crippen LogP contribution in [-0.4, -0.2) is 8.32 Å². The van der Waals surface area contributed by atoms with E-state index in [1.807, 2.05) is 24.3 Å². The van der Waals surface area contributed by atoms with Crippen molar-refractivity contribution in [2.45, 2.75) is 0 Å². The Hall–Kier alpha value is -2.84. The predicted molar refractivity (Wildman–Crippen MR) is 104 cm³/mol. The number of benzene rings is 3. The van der Waals surface area contributed by atoms with E-state index in [2.05, 4.69) is 79.4 Å². The summed E-state index contributed by atoms with van der Waals surface area (Å²) in [4.78, 5) is 0. The summed E-state index contributed by atoms with van der Waals surface area (Å²) in [6, 6.07) is 31.5. The van der Waals surface area contributed by atoms with Crippen LogP contribution in [0.2, 0.25) is 0 Å². The molecule has 0 N–H and O–H groups in total. The third-order valence-electron chi connectivity index (χ3n) is 4.00. The Morgan fingerprint density at radius 1 is 0.625 bits per heavy atom. The quantitative estimate of drug-likeness (QED) is 0.292. The molecule has 118 valence electrons. The first-order chi connectivity index (χ1) is 11.9. The van der Waals surface area contributed by atoms with E-state index in [4.69, 9.17) is 4.43 Å². The van der Waals surface area contributed by atoms with Gasteiger partial charge in [-0.3, -0.25) is 0 Å². The van der Waals surface area contributed by atoms with Gasteiger partial charge in [0.25, 0.3) is 0 Å². The van der Waals surface area contributed by atoms with Crippen LogP contribution in [-0.2, 0) is 4.43 Å². The van der Waals surface area contributed by atoms with Crippen LogP contribution in [0, 0.1) is 0 Å². The third-order valence-corrected chi connectivity index (χ3v) is 7.93. The minimum Gasteiger partial charge on any atom is -0.536 e. The Labute approximate surface area is 144 Å². The van der Waals surface area contributed by atoms with Gasteiger partial charge in [0.2, 0.25) is 0 Å². The van der Waals surface area contributed by atoms with Crippen LogP contribution in [0.5, 0.6) is 0 Å². The molecule has 0 saturated heterocycles. The van der Waals surface area contributed by atoms with Gasteiger partial charge in [-0.15, -0.1) is 0 Å². The van der Waals surface area contributed by atoms with Crippen molar-refractivity contribution in [2.75, 3.05) is 0 Å². The molecule has 0 aliphatic heterocycles. The van der Waals surface area contributed by atoms with Gasteiger partial charge in [0.05, 0.1) is 6.26 Å². The van der Waals surface area contributed by atoms with E-state index in [9.17, 15) is 0 Å². The van der Waals surface area contributed by atoms with Crippen molar-refractivity contribution in [3.05, 3.63) is 116 Å². The van der Waals surface area contributed by atoms with E-state index < -0.39 is 8.32 Å². The lowest BCUT2D eigenvalue weighted by molar-refractivity contribution is 0.497. The van der Waals surface area contributed by atoms with Crippen molar-refractivity contribution in [3.8, 4) is 0 Å². The van der Waals surface area contributed by atoms with E-state index in [-0.39, 0.29) is 0 Å². The summed E-state index contributed by atoms with van der Waals surface area (Å²) in [6.45, 7) is 3.75. The second-order valence-corrected chi connectivity index (χ2v) is 8.79. The van der Waals surface area contributed by atoms with Crippen molar-refractivity contribution in [1.82, 2.24) is 0 Å². The second kappa shape index (κ2) is 7.62. The Balaban J connectivity index is 2.28. The fraction of sp³-hybridized carbons (Fsp3) is 0. The maximum absolute atomic E-state index is 6.52. The molecule has 3 aromatic rings. The highest BCUT2D eigenvalue weighted by molar-refractivity contribution is 7.07. The number of hydrogen-bond acceptors (Lipinski definition) is 1. The average molecular weight is 328 g/mol. The van der Waals surface area contributed by atoms with E-state index in [0.29, 0.717) is 0 Å². The Kier molecular flexibility index (Phi) is 5.09. The van der Waals surface area contributed by atoms with Crippen molar-refractivity contribution in [3.63, 3.8) is 0 Å². The molecule has 0 aliphatic carbocycles. The van der Waals surface area contributed by atoms with Crippen LogP contribution in [0.25, 0.3) is 0 Å². The Bertz CT molecular complexity index is 698. The summed E-state index contributed by atoms with van der Waals surface area (Å²) in [6.07, 6.45) is 5.35. The van der Waals surface area contributed by atoms with Gasteiger partial charge in [0, 0.05) is 0 Å². The summed E-state index contributed by atoms with van der Waals surface area (Å²) in [5.74, 6) is 0. The van der Waals surface area contributed by atoms with Crippen LogP contribution in [0.4, 0.5) is 0 Å². The third kappa shape index (κ3) is 3.10. The fourth-order valence-electron chi connectivity index (χ4n) is 2.92. The largest absolute Gasteiger partial charge is 0.536 e. The zero-order chi connectivity index (χ0) is 16.7. The maximum Gasteiger partial charge on any atom is 0.346 e. The van der Waals surface area contributed by atoms with Crippen molar-refractivity contribution in [1.29, 1.82) is 0 Å². The lowest BCUT2D eigenvalue weighted by atomic mass is 10.3. The highest BCUT2D eigenvalue weighted by Crippen LogP contribution is 2.10. The fourth-order valence-corrected chi connectivity index (χ4v) is 6.60. The van der Waals surface area contributed by atoms with Crippen LogP contribution in [0.15, 0.2) is 116 Å². The normalized spacial score (nSPS) is 11.3. The van der Waals surface area contributed by atoms with E-state index >= 15 is 0 Å². The molecule has 0 aliphatic rings. The zero-order valence-electron chi connectivity index (χ0n) is 13.5. The number of allylic oxidation sites excluding steroid dienone is 2. The van der Waals surface area contributed by atoms with E-state index in [1.54, 1.807) is 12.3 Å². The summed E-state index contributed by atoms with van der Waals surface area (Å²) >= 11 is 0. The molecule has 0 spiro atoms. The van der Waals surface area contributed by atoms with Crippen molar-refractivity contribution in [2.24, 2.45) is 0 Å². The molecule has 0 radical (unpaired) electrons. The minimum atomic E-state index is -2.60. The second-order valence-electron chi connectivity index (χ2n) is 5.46. The van der Waals surface area contributed by atoms with Gasteiger partial charge < -0.3 is 4.43 Å². The van der Waals surface area contributed by atoms with Gasteiger partial charge in [-0.25, -0.2) is 0 Å². The molecular formula is C22H20OSi. The Morgan fingerprint density at radius 3 is 1.33 bits per heavy atom. The molecule has 0 saturated carbocycles. The Morgan fingerprint density at radius 2 is 1.00 bits per heavy atom. The summed E-state index contributed by atoms with van der Waals surface area (Å²) < 4.78 is 6.52. The lowest BCUT2D eigenvalue weighted by Gasteiger charge is -2.31. The van der Waals surface area contributed by atoms with Crippen molar-refractivity contribution >= 4 is 23.9 Å². The lowest BCUT2D eigenvalue weighted by Crippen LogP contribution is -2.68. The molecule has 0 unspecified atom stereocenters. The van der Waals surface area contributed by atoms with Crippen LogP contribution in [0.3, 0.4) is 0 Å². The van der Waals surface area contributed by atoms with Gasteiger partial charge in [-0.2, -0.15) is 0 Å². The smallest absolute Gasteiger partial charge is 0.346 e. The standard InChI is InChI=1S/C22H20OSi/c1-2-3-19-23-24(20-13-7-4-8-14-20,21-15-9-5-10-16-21)22-17-11-6-12-18-22/h2-19H,1H2/b19-3+. The molecule has 0 fully saturated rings. The molecule has 1 nitrogen and oxygen atoms in total. The van der Waals surface area contributed by atoms with Crippen LogP contribution < -0.4 is 15.6 Å². The predicted octanol–water partition coefficient (Wildman–Crippen LogP) is 3.37. The molecule has 0 heterocycles. The molecule has 0 aromatic heterocycles. The maximum atomic E-state index is 6.52. The van der Waals surface area contributed by atoms with E-state index in [1.165, 1.54) is 15.6 Å². The first kappa shape index (κ1) is 16.0. The highest BCUT2D eigenvalue weighted by atomic mass is 28.4. The summed E-state index contributed by atoms with van der Waals surface area (Å²) in [5, 5.41) is 3.66. The molecule has 3 rings (SSSR count). The minimum absolute atomic E-state index is 1.22. The first-order valence-corrected chi connectivity index (χ1v) is 9.91. The average Bonchev–Trinajstić information content (AvgIpc) is 2.68.